The van der Waals surface area contributed by atoms with Crippen LogP contribution in [0.1, 0.15) is 37.0 Å². The third-order valence-electron chi connectivity index (χ3n) is 3.59. The SMILES string of the molecule is CC(NCC(O)c1ccc(C(F)(F)F)cc1)C1CC1. The first-order valence-electron chi connectivity index (χ1n) is 6.46. The number of halogens is 3. The third-order valence-corrected chi connectivity index (χ3v) is 3.59. The smallest absolute Gasteiger partial charge is 0.387 e. The fourth-order valence-electron chi connectivity index (χ4n) is 2.07. The van der Waals surface area contributed by atoms with Crippen LogP contribution in [0.25, 0.3) is 0 Å². The Bertz CT molecular complexity index is 412. The van der Waals surface area contributed by atoms with Crippen LogP contribution in [0, 0.1) is 5.92 Å². The molecular formula is C14H18F3NO. The summed E-state index contributed by atoms with van der Waals surface area (Å²) in [6.45, 7) is 2.43. The quantitative estimate of drug-likeness (QED) is 0.864. The highest BCUT2D eigenvalue weighted by Gasteiger charge is 2.30. The molecule has 2 nitrogen and oxygen atoms in total. The lowest BCUT2D eigenvalue weighted by atomic mass is 10.1. The van der Waals surface area contributed by atoms with Crippen LogP contribution in [-0.2, 0) is 6.18 Å². The second-order valence-corrected chi connectivity index (χ2v) is 5.17. The first kappa shape index (κ1) is 14.3. The molecule has 2 N–H and O–H groups in total. The minimum atomic E-state index is -4.33. The number of hydrogen-bond acceptors (Lipinski definition) is 2. The van der Waals surface area contributed by atoms with Crippen LogP contribution < -0.4 is 5.32 Å². The normalized spacial score (nSPS) is 19.2. The fraction of sp³-hybridized carbons (Fsp3) is 0.571. The fourth-order valence-corrected chi connectivity index (χ4v) is 2.07. The zero-order valence-electron chi connectivity index (χ0n) is 10.7. The number of benzene rings is 1. The maximum atomic E-state index is 12.4. The maximum absolute atomic E-state index is 12.4. The van der Waals surface area contributed by atoms with Crippen molar-refractivity contribution >= 4 is 0 Å². The molecule has 1 aliphatic rings. The molecule has 2 unspecified atom stereocenters. The molecule has 0 radical (unpaired) electrons. The molecule has 1 aliphatic carbocycles. The lowest BCUT2D eigenvalue weighted by Crippen LogP contribution is -2.31. The second-order valence-electron chi connectivity index (χ2n) is 5.17. The van der Waals surface area contributed by atoms with Crippen LogP contribution >= 0.6 is 0 Å². The van der Waals surface area contributed by atoms with E-state index in [0.29, 0.717) is 24.1 Å². The van der Waals surface area contributed by atoms with Crippen molar-refractivity contribution < 1.29 is 18.3 Å². The molecule has 0 spiro atoms. The lowest BCUT2D eigenvalue weighted by molar-refractivity contribution is -0.137. The number of nitrogens with one attached hydrogen (secondary N) is 1. The Morgan fingerprint density at radius 1 is 1.26 bits per heavy atom. The highest BCUT2D eigenvalue weighted by atomic mass is 19.4. The molecule has 106 valence electrons. The molecule has 0 aromatic heterocycles. The van der Waals surface area contributed by atoms with Crippen LogP contribution in [-0.4, -0.2) is 17.7 Å². The minimum Gasteiger partial charge on any atom is -0.387 e. The predicted molar refractivity (Wildman–Crippen MR) is 66.6 cm³/mol. The maximum Gasteiger partial charge on any atom is 0.416 e. The highest BCUT2D eigenvalue weighted by molar-refractivity contribution is 5.26. The van der Waals surface area contributed by atoms with Gasteiger partial charge in [-0.1, -0.05) is 12.1 Å². The van der Waals surface area contributed by atoms with E-state index in [1.165, 1.54) is 25.0 Å². The van der Waals surface area contributed by atoms with Crippen LogP contribution in [0.4, 0.5) is 13.2 Å². The Hall–Kier alpha value is -1.07. The highest BCUT2D eigenvalue weighted by Crippen LogP contribution is 2.32. The van der Waals surface area contributed by atoms with Gasteiger partial charge in [-0.15, -0.1) is 0 Å². The van der Waals surface area contributed by atoms with Crippen molar-refractivity contribution in [2.24, 2.45) is 5.92 Å². The van der Waals surface area contributed by atoms with E-state index < -0.39 is 17.8 Å². The summed E-state index contributed by atoms with van der Waals surface area (Å²) in [6, 6.07) is 5.02. The molecule has 0 heterocycles. The van der Waals surface area contributed by atoms with Crippen molar-refractivity contribution in [3.05, 3.63) is 35.4 Å². The summed E-state index contributed by atoms with van der Waals surface area (Å²) in [4.78, 5) is 0. The summed E-state index contributed by atoms with van der Waals surface area (Å²) in [6.07, 6.45) is -2.68. The van der Waals surface area contributed by atoms with Gasteiger partial charge in [0.2, 0.25) is 0 Å². The molecule has 0 bridgehead atoms. The molecule has 0 amide bonds. The first-order valence-corrected chi connectivity index (χ1v) is 6.46. The standard InChI is InChI=1S/C14H18F3NO/c1-9(10-2-3-10)18-8-13(19)11-4-6-12(7-5-11)14(15,16)17/h4-7,9-10,13,18-19H,2-3,8H2,1H3. The van der Waals surface area contributed by atoms with Gasteiger partial charge in [0.15, 0.2) is 0 Å². The van der Waals surface area contributed by atoms with Gasteiger partial charge in [0.25, 0.3) is 0 Å². The average molecular weight is 273 g/mol. The minimum absolute atomic E-state index is 0.351. The van der Waals surface area contributed by atoms with Gasteiger partial charge < -0.3 is 10.4 Å². The van der Waals surface area contributed by atoms with E-state index >= 15 is 0 Å². The van der Waals surface area contributed by atoms with Crippen molar-refractivity contribution in [3.63, 3.8) is 0 Å². The number of aliphatic hydroxyl groups excluding tert-OH is 1. The van der Waals surface area contributed by atoms with Crippen LogP contribution in [0.5, 0.6) is 0 Å². The number of aliphatic hydroxyl groups is 1. The summed E-state index contributed by atoms with van der Waals surface area (Å²) in [5, 5.41) is 13.1. The molecule has 1 aromatic rings. The largest absolute Gasteiger partial charge is 0.416 e. The van der Waals surface area contributed by atoms with Gasteiger partial charge in [0, 0.05) is 12.6 Å². The van der Waals surface area contributed by atoms with Gasteiger partial charge in [-0.2, -0.15) is 13.2 Å². The van der Waals surface area contributed by atoms with Gasteiger partial charge in [-0.25, -0.2) is 0 Å². The number of rotatable bonds is 5. The van der Waals surface area contributed by atoms with Crippen molar-refractivity contribution in [1.29, 1.82) is 0 Å². The summed E-state index contributed by atoms with van der Waals surface area (Å²) in [5.74, 6) is 0.680. The molecule has 2 rings (SSSR count). The van der Waals surface area contributed by atoms with Crippen LogP contribution in [0.2, 0.25) is 0 Å². The predicted octanol–water partition coefficient (Wildman–Crippen LogP) is 3.13. The van der Waals surface area contributed by atoms with E-state index in [1.54, 1.807) is 0 Å². The van der Waals surface area contributed by atoms with E-state index in [0.717, 1.165) is 12.1 Å². The Labute approximate surface area is 110 Å². The zero-order chi connectivity index (χ0) is 14.0. The Kier molecular flexibility index (Phi) is 4.16. The van der Waals surface area contributed by atoms with Crippen molar-refractivity contribution in [1.82, 2.24) is 5.32 Å². The van der Waals surface area contributed by atoms with Crippen molar-refractivity contribution in [2.45, 2.75) is 38.1 Å². The van der Waals surface area contributed by atoms with Crippen molar-refractivity contribution in [3.8, 4) is 0 Å². The molecule has 5 heteroatoms. The van der Waals surface area contributed by atoms with E-state index in [4.69, 9.17) is 0 Å². The third kappa shape index (κ3) is 3.94. The Morgan fingerprint density at radius 3 is 2.32 bits per heavy atom. The molecule has 1 fully saturated rings. The number of alkyl halides is 3. The summed E-state index contributed by atoms with van der Waals surface area (Å²) in [5.41, 5.74) is -0.189. The first-order chi connectivity index (χ1) is 8.88. The molecule has 0 aliphatic heterocycles. The van der Waals surface area contributed by atoms with Gasteiger partial charge in [-0.3, -0.25) is 0 Å². The number of hydrogen-bond donors (Lipinski definition) is 2. The van der Waals surface area contributed by atoms with Gasteiger partial charge in [0.1, 0.15) is 0 Å². The van der Waals surface area contributed by atoms with E-state index in [9.17, 15) is 18.3 Å². The molecule has 0 saturated heterocycles. The molecule has 19 heavy (non-hydrogen) atoms. The monoisotopic (exact) mass is 273 g/mol. The van der Waals surface area contributed by atoms with E-state index in [-0.39, 0.29) is 0 Å². The summed E-state index contributed by atoms with van der Waals surface area (Å²) in [7, 11) is 0. The second kappa shape index (κ2) is 5.51. The lowest BCUT2D eigenvalue weighted by Gasteiger charge is -2.17. The Balaban J connectivity index is 1.89. The summed E-state index contributed by atoms with van der Waals surface area (Å²) >= 11 is 0. The van der Waals surface area contributed by atoms with Gasteiger partial charge >= 0.3 is 6.18 Å². The molecule has 1 saturated carbocycles. The van der Waals surface area contributed by atoms with Crippen LogP contribution in [0.3, 0.4) is 0 Å². The summed E-state index contributed by atoms with van der Waals surface area (Å²) < 4.78 is 37.2. The topological polar surface area (TPSA) is 32.3 Å². The van der Waals surface area contributed by atoms with Gasteiger partial charge in [-0.05, 0) is 43.4 Å². The van der Waals surface area contributed by atoms with E-state index in [2.05, 4.69) is 12.2 Å². The van der Waals surface area contributed by atoms with Crippen LogP contribution in [0.15, 0.2) is 24.3 Å². The molecule has 2 atom stereocenters. The molecule has 1 aromatic carbocycles. The molecular weight excluding hydrogens is 255 g/mol. The Morgan fingerprint density at radius 2 is 1.84 bits per heavy atom. The average Bonchev–Trinajstić information content (AvgIpc) is 3.19. The van der Waals surface area contributed by atoms with E-state index in [1.807, 2.05) is 0 Å². The van der Waals surface area contributed by atoms with Gasteiger partial charge in [0.05, 0.1) is 11.7 Å². The van der Waals surface area contributed by atoms with Crippen molar-refractivity contribution in [2.75, 3.05) is 6.54 Å². The zero-order valence-corrected chi connectivity index (χ0v) is 10.7.